The summed E-state index contributed by atoms with van der Waals surface area (Å²) in [6.45, 7) is 2.37. The summed E-state index contributed by atoms with van der Waals surface area (Å²) in [4.78, 5) is 9.40. The third-order valence-electron chi connectivity index (χ3n) is 5.30. The highest BCUT2D eigenvalue weighted by molar-refractivity contribution is 7.90. The van der Waals surface area contributed by atoms with Crippen LogP contribution < -0.4 is 14.8 Å². The second kappa shape index (κ2) is 9.07. The van der Waals surface area contributed by atoms with Crippen molar-refractivity contribution in [3.63, 3.8) is 0 Å². The summed E-state index contributed by atoms with van der Waals surface area (Å²) in [5, 5.41) is 4.23. The summed E-state index contributed by atoms with van der Waals surface area (Å²) >= 11 is 0. The van der Waals surface area contributed by atoms with E-state index in [9.17, 15) is 8.42 Å². The minimum absolute atomic E-state index is 0.302. The normalized spacial score (nSPS) is 11.4. The van der Waals surface area contributed by atoms with Gasteiger partial charge in [-0.3, -0.25) is 0 Å². The summed E-state index contributed by atoms with van der Waals surface area (Å²) in [6, 6.07) is 18.6. The van der Waals surface area contributed by atoms with Crippen LogP contribution in [0.3, 0.4) is 0 Å². The maximum absolute atomic E-state index is 11.9. The van der Waals surface area contributed by atoms with Crippen LogP contribution in [0.4, 0.5) is 5.82 Å². The van der Waals surface area contributed by atoms with Gasteiger partial charge in [0.15, 0.2) is 21.3 Å². The van der Waals surface area contributed by atoms with E-state index < -0.39 is 9.84 Å². The Morgan fingerprint density at radius 1 is 0.879 bits per heavy atom. The van der Waals surface area contributed by atoms with Crippen LogP contribution in [0, 0.1) is 6.92 Å². The monoisotopic (exact) mass is 463 g/mol. The van der Waals surface area contributed by atoms with Crippen LogP contribution in [0.15, 0.2) is 65.6 Å². The average molecular weight is 464 g/mol. The molecule has 0 aliphatic carbocycles. The maximum atomic E-state index is 11.9. The van der Waals surface area contributed by atoms with Gasteiger partial charge in [-0.1, -0.05) is 30.3 Å². The third kappa shape index (κ3) is 4.90. The molecule has 0 fully saturated rings. The molecule has 0 amide bonds. The van der Waals surface area contributed by atoms with Gasteiger partial charge in [-0.25, -0.2) is 18.4 Å². The van der Waals surface area contributed by atoms with E-state index in [4.69, 9.17) is 9.47 Å². The Kier molecular flexibility index (Phi) is 6.20. The zero-order valence-electron chi connectivity index (χ0n) is 18.9. The first-order valence-corrected chi connectivity index (χ1v) is 12.2. The quantitative estimate of drug-likeness (QED) is 0.427. The van der Waals surface area contributed by atoms with Crippen LogP contribution >= 0.6 is 0 Å². The molecule has 33 heavy (non-hydrogen) atoms. The summed E-state index contributed by atoms with van der Waals surface area (Å²) in [6.07, 6.45) is 1.21. The summed E-state index contributed by atoms with van der Waals surface area (Å²) in [5.41, 5.74) is 3.58. The molecule has 0 radical (unpaired) electrons. The Morgan fingerprint density at radius 2 is 1.55 bits per heavy atom. The van der Waals surface area contributed by atoms with Gasteiger partial charge in [0.2, 0.25) is 0 Å². The molecule has 3 aromatic carbocycles. The van der Waals surface area contributed by atoms with E-state index in [0.29, 0.717) is 34.6 Å². The summed E-state index contributed by atoms with van der Waals surface area (Å²) in [7, 11) is -0.0850. The number of rotatable bonds is 7. The molecule has 0 bridgehead atoms. The van der Waals surface area contributed by atoms with E-state index >= 15 is 0 Å². The van der Waals surface area contributed by atoms with E-state index in [1.54, 1.807) is 32.4 Å². The molecule has 4 rings (SSSR count). The second-order valence-corrected chi connectivity index (χ2v) is 9.71. The summed E-state index contributed by atoms with van der Waals surface area (Å²) < 4.78 is 34.7. The first kappa shape index (κ1) is 22.5. The lowest BCUT2D eigenvalue weighted by Gasteiger charge is -2.13. The lowest BCUT2D eigenvalue weighted by atomic mass is 10.0. The van der Waals surface area contributed by atoms with Gasteiger partial charge in [0.05, 0.1) is 24.6 Å². The van der Waals surface area contributed by atoms with Crippen molar-refractivity contribution in [1.29, 1.82) is 0 Å². The maximum Gasteiger partial charge on any atom is 0.175 e. The smallest absolute Gasteiger partial charge is 0.175 e. The van der Waals surface area contributed by atoms with Crippen LogP contribution in [0.1, 0.15) is 11.4 Å². The molecule has 1 N–H and O–H groups in total. The predicted octanol–water partition coefficient (Wildman–Crippen LogP) is 4.64. The third-order valence-corrected chi connectivity index (χ3v) is 6.41. The van der Waals surface area contributed by atoms with Gasteiger partial charge in [0, 0.05) is 24.3 Å². The Balaban J connectivity index is 1.64. The van der Waals surface area contributed by atoms with Gasteiger partial charge < -0.3 is 14.8 Å². The average Bonchev–Trinajstić information content (AvgIpc) is 2.81. The molecule has 0 saturated heterocycles. The van der Waals surface area contributed by atoms with Crippen molar-refractivity contribution < 1.29 is 17.9 Å². The predicted molar refractivity (Wildman–Crippen MR) is 130 cm³/mol. The first-order valence-electron chi connectivity index (χ1n) is 10.3. The van der Waals surface area contributed by atoms with Crippen molar-refractivity contribution in [2.75, 3.05) is 25.8 Å². The standard InChI is InChI=1S/C25H25N3O4S/c1-16-27-22-14-24(32-3)23(31-2)13-21(22)25(28-16)26-15-17-7-5-8-18(11-17)19-9-6-10-20(12-19)33(4,29)30/h5-14H,15H2,1-4H3,(H,26,27,28). The molecule has 0 unspecified atom stereocenters. The Labute approximate surface area is 193 Å². The molecule has 7 nitrogen and oxygen atoms in total. The number of sulfone groups is 1. The molecular weight excluding hydrogens is 438 g/mol. The zero-order valence-corrected chi connectivity index (χ0v) is 19.7. The molecule has 4 aromatic rings. The van der Waals surface area contributed by atoms with E-state index in [1.807, 2.05) is 49.4 Å². The first-order chi connectivity index (χ1) is 15.8. The molecule has 0 saturated carbocycles. The second-order valence-electron chi connectivity index (χ2n) is 7.70. The number of nitrogens with zero attached hydrogens (tertiary/aromatic N) is 2. The van der Waals surface area contributed by atoms with Crippen LogP contribution in [0.5, 0.6) is 11.5 Å². The number of hydrogen-bond acceptors (Lipinski definition) is 7. The van der Waals surface area contributed by atoms with Crippen LogP contribution in [-0.2, 0) is 16.4 Å². The highest BCUT2D eigenvalue weighted by Gasteiger charge is 2.13. The number of aryl methyl sites for hydroxylation is 1. The van der Waals surface area contributed by atoms with Crippen LogP contribution in [-0.4, -0.2) is 38.9 Å². The number of nitrogens with one attached hydrogen (secondary N) is 1. The summed E-state index contributed by atoms with van der Waals surface area (Å²) in [5.74, 6) is 2.55. The van der Waals surface area contributed by atoms with Gasteiger partial charge in [0.25, 0.3) is 0 Å². The number of methoxy groups -OCH3 is 2. The molecule has 170 valence electrons. The van der Waals surface area contributed by atoms with Crippen molar-refractivity contribution >= 4 is 26.6 Å². The van der Waals surface area contributed by atoms with E-state index in [-0.39, 0.29) is 0 Å². The van der Waals surface area contributed by atoms with Crippen molar-refractivity contribution in [1.82, 2.24) is 9.97 Å². The fraction of sp³-hybridized carbons (Fsp3) is 0.200. The van der Waals surface area contributed by atoms with E-state index in [1.165, 1.54) is 6.26 Å². The van der Waals surface area contributed by atoms with Crippen LogP contribution in [0.25, 0.3) is 22.0 Å². The Hall–Kier alpha value is -3.65. The van der Waals surface area contributed by atoms with E-state index in [0.717, 1.165) is 27.6 Å². The molecule has 0 aliphatic heterocycles. The lowest BCUT2D eigenvalue weighted by molar-refractivity contribution is 0.356. The zero-order chi connectivity index (χ0) is 23.6. The van der Waals surface area contributed by atoms with Crippen molar-refractivity contribution in [3.05, 3.63) is 72.1 Å². The van der Waals surface area contributed by atoms with Gasteiger partial charge in [-0.2, -0.15) is 0 Å². The topological polar surface area (TPSA) is 90.4 Å². The van der Waals surface area contributed by atoms with Gasteiger partial charge in [0.1, 0.15) is 11.6 Å². The van der Waals surface area contributed by atoms with Gasteiger partial charge >= 0.3 is 0 Å². The highest BCUT2D eigenvalue weighted by atomic mass is 32.2. The lowest BCUT2D eigenvalue weighted by Crippen LogP contribution is -2.05. The fourth-order valence-corrected chi connectivity index (χ4v) is 4.33. The number of ether oxygens (including phenoxy) is 2. The van der Waals surface area contributed by atoms with E-state index in [2.05, 4.69) is 15.3 Å². The number of aromatic nitrogens is 2. The number of benzene rings is 3. The van der Waals surface area contributed by atoms with Crippen molar-refractivity contribution in [2.24, 2.45) is 0 Å². The SMILES string of the molecule is COc1cc2nc(C)nc(NCc3cccc(-c4cccc(S(C)(=O)=O)c4)c3)c2cc1OC. The molecule has 1 aromatic heterocycles. The fourth-order valence-electron chi connectivity index (χ4n) is 3.66. The van der Waals surface area contributed by atoms with Crippen molar-refractivity contribution in [2.45, 2.75) is 18.4 Å². The molecule has 0 spiro atoms. The number of hydrogen-bond donors (Lipinski definition) is 1. The Bertz CT molecular complexity index is 1440. The van der Waals surface area contributed by atoms with Gasteiger partial charge in [-0.05, 0) is 47.9 Å². The molecule has 8 heteroatoms. The highest BCUT2D eigenvalue weighted by Crippen LogP contribution is 2.34. The minimum atomic E-state index is -3.27. The molecule has 0 atom stereocenters. The number of fused-ring (bicyclic) bond motifs is 1. The van der Waals surface area contributed by atoms with Crippen LogP contribution in [0.2, 0.25) is 0 Å². The Morgan fingerprint density at radius 3 is 2.24 bits per heavy atom. The van der Waals surface area contributed by atoms with Crippen molar-refractivity contribution in [3.8, 4) is 22.6 Å². The molecular formula is C25H25N3O4S. The van der Waals surface area contributed by atoms with Gasteiger partial charge in [-0.15, -0.1) is 0 Å². The molecule has 0 aliphatic rings. The molecule has 1 heterocycles. The minimum Gasteiger partial charge on any atom is -0.493 e. The number of anilines is 1. The largest absolute Gasteiger partial charge is 0.493 e.